The monoisotopic (exact) mass is 238 g/mol. The molecular formula is C10H14MgO3S. The molecule has 0 heterocycles. The Balaban J connectivity index is -0.000000653. The number of benzene rings is 1. The molecule has 5 heteroatoms. The molecule has 0 amide bonds. The summed E-state index contributed by atoms with van der Waals surface area (Å²) in [6, 6.07) is 6.34. The van der Waals surface area contributed by atoms with Gasteiger partial charge in [-0.2, -0.15) is 8.42 Å². The fourth-order valence-electron chi connectivity index (χ4n) is 1.22. The molecule has 0 spiro atoms. The van der Waals surface area contributed by atoms with Gasteiger partial charge in [-0.15, -0.1) is 6.58 Å². The van der Waals surface area contributed by atoms with Gasteiger partial charge >= 0.3 is 23.1 Å². The van der Waals surface area contributed by atoms with E-state index in [1.807, 2.05) is 6.92 Å². The van der Waals surface area contributed by atoms with Gasteiger partial charge in [0.25, 0.3) is 10.1 Å². The number of allylic oxidation sites excluding steroid dienone is 1. The van der Waals surface area contributed by atoms with Crippen LogP contribution in [0.3, 0.4) is 0 Å². The molecule has 0 aliphatic rings. The Morgan fingerprint density at radius 2 is 2.00 bits per heavy atom. The Bertz CT molecular complexity index is 449. The predicted molar refractivity (Wildman–Crippen MR) is 62.8 cm³/mol. The zero-order valence-corrected chi connectivity index (χ0v) is 10.8. The minimum absolute atomic E-state index is 0. The van der Waals surface area contributed by atoms with Crippen molar-refractivity contribution in [2.24, 2.45) is 0 Å². The summed E-state index contributed by atoms with van der Waals surface area (Å²) < 4.78 is 30.9. The minimum Gasteiger partial charge on any atom is -1.00 e. The zero-order chi connectivity index (χ0) is 10.8. The van der Waals surface area contributed by atoms with E-state index in [9.17, 15) is 8.42 Å². The summed E-state index contributed by atoms with van der Waals surface area (Å²) in [6.45, 7) is 5.40. The largest absolute Gasteiger partial charge is 2.00 e. The molecule has 1 aromatic rings. The summed E-state index contributed by atoms with van der Waals surface area (Å²) in [4.78, 5) is -0.0487. The van der Waals surface area contributed by atoms with Crippen LogP contribution in [0.1, 0.15) is 21.3 Å². The van der Waals surface area contributed by atoms with Crippen LogP contribution < -0.4 is 0 Å². The molecule has 1 unspecified atom stereocenters. The average molecular weight is 239 g/mol. The predicted octanol–water partition coefficient (Wildman–Crippen LogP) is 2.07. The molecule has 1 atom stereocenters. The standard InChI is InChI=1S/C10H12O3S.Mg.2H/c1-3-8(2)9-6-4-5-7-10(9)14(11,12)13;;;/h3-8H,1H2,2H3,(H,11,12,13);;;/q;+2;2*-1. The molecule has 0 saturated carbocycles. The third-order valence-corrected chi connectivity index (χ3v) is 2.97. The average Bonchev–Trinajstić information content (AvgIpc) is 2.15. The molecular weight excluding hydrogens is 224 g/mol. The first-order chi connectivity index (χ1) is 6.46. The normalized spacial score (nSPS) is 12.7. The molecule has 0 aliphatic heterocycles. The van der Waals surface area contributed by atoms with Gasteiger partial charge in [0.15, 0.2) is 0 Å². The maximum absolute atomic E-state index is 11.0. The van der Waals surface area contributed by atoms with E-state index < -0.39 is 10.1 Å². The van der Waals surface area contributed by atoms with Gasteiger partial charge in [0.2, 0.25) is 0 Å². The van der Waals surface area contributed by atoms with Crippen LogP contribution in [0.4, 0.5) is 0 Å². The van der Waals surface area contributed by atoms with Crippen molar-refractivity contribution in [2.75, 3.05) is 0 Å². The van der Waals surface area contributed by atoms with Crippen molar-refractivity contribution in [3.8, 4) is 0 Å². The fourth-order valence-corrected chi connectivity index (χ4v) is 2.02. The molecule has 1 rings (SSSR count). The van der Waals surface area contributed by atoms with Crippen LogP contribution in [0, 0.1) is 0 Å². The first kappa shape index (κ1) is 14.6. The van der Waals surface area contributed by atoms with Crippen molar-refractivity contribution in [2.45, 2.75) is 17.7 Å². The second kappa shape index (κ2) is 5.65. The van der Waals surface area contributed by atoms with Gasteiger partial charge in [-0.1, -0.05) is 31.2 Å². The van der Waals surface area contributed by atoms with Gasteiger partial charge in [-0.25, -0.2) is 0 Å². The molecule has 0 radical (unpaired) electrons. The van der Waals surface area contributed by atoms with Crippen molar-refractivity contribution >= 4 is 33.2 Å². The van der Waals surface area contributed by atoms with E-state index in [1.54, 1.807) is 24.3 Å². The van der Waals surface area contributed by atoms with Gasteiger partial charge in [0.1, 0.15) is 0 Å². The Labute approximate surface area is 109 Å². The van der Waals surface area contributed by atoms with Crippen molar-refractivity contribution < 1.29 is 15.8 Å². The zero-order valence-electron chi connectivity index (χ0n) is 10.6. The van der Waals surface area contributed by atoms with E-state index in [4.69, 9.17) is 4.55 Å². The Hall–Kier alpha value is -0.364. The van der Waals surface area contributed by atoms with Gasteiger partial charge in [-0.3, -0.25) is 4.55 Å². The molecule has 1 aromatic carbocycles. The second-order valence-corrected chi connectivity index (χ2v) is 4.43. The molecule has 0 aromatic heterocycles. The molecule has 15 heavy (non-hydrogen) atoms. The van der Waals surface area contributed by atoms with Gasteiger partial charge < -0.3 is 2.85 Å². The molecule has 80 valence electrons. The molecule has 0 fully saturated rings. The number of hydrogen-bond donors (Lipinski definition) is 1. The summed E-state index contributed by atoms with van der Waals surface area (Å²) in [6.07, 6.45) is 1.63. The van der Waals surface area contributed by atoms with Crippen molar-refractivity contribution in [1.29, 1.82) is 0 Å². The smallest absolute Gasteiger partial charge is 1.00 e. The molecule has 0 aliphatic carbocycles. The summed E-state index contributed by atoms with van der Waals surface area (Å²) in [7, 11) is -4.14. The van der Waals surface area contributed by atoms with Gasteiger partial charge in [-0.05, 0) is 11.6 Å². The van der Waals surface area contributed by atoms with Crippen molar-refractivity contribution in [3.63, 3.8) is 0 Å². The molecule has 0 saturated heterocycles. The van der Waals surface area contributed by atoms with Gasteiger partial charge in [0, 0.05) is 5.92 Å². The van der Waals surface area contributed by atoms with Crippen LogP contribution in [0.2, 0.25) is 0 Å². The first-order valence-electron chi connectivity index (χ1n) is 4.15. The Morgan fingerprint density at radius 1 is 1.47 bits per heavy atom. The Morgan fingerprint density at radius 3 is 2.47 bits per heavy atom. The fraction of sp³-hybridized carbons (Fsp3) is 0.200. The van der Waals surface area contributed by atoms with Crippen LogP contribution in [-0.2, 0) is 10.1 Å². The molecule has 0 bridgehead atoms. The van der Waals surface area contributed by atoms with E-state index in [0.29, 0.717) is 5.56 Å². The summed E-state index contributed by atoms with van der Waals surface area (Å²) in [5.41, 5.74) is 0.560. The van der Waals surface area contributed by atoms with Crippen LogP contribution >= 0.6 is 0 Å². The number of rotatable bonds is 3. The van der Waals surface area contributed by atoms with Crippen molar-refractivity contribution in [3.05, 3.63) is 42.5 Å². The SMILES string of the molecule is C=CC(C)c1ccccc1S(=O)(=O)O.[H-].[H-].[Mg+2]. The molecule has 1 N–H and O–H groups in total. The van der Waals surface area contributed by atoms with E-state index in [-0.39, 0.29) is 36.7 Å². The summed E-state index contributed by atoms with van der Waals surface area (Å²) in [5, 5.41) is 0. The van der Waals surface area contributed by atoms with E-state index in [0.717, 1.165) is 0 Å². The van der Waals surface area contributed by atoms with Crippen LogP contribution in [0.25, 0.3) is 0 Å². The third-order valence-electron chi connectivity index (χ3n) is 2.04. The maximum Gasteiger partial charge on any atom is 2.00 e. The molecule has 3 nitrogen and oxygen atoms in total. The number of hydrogen-bond acceptors (Lipinski definition) is 2. The maximum atomic E-state index is 11.0. The minimum atomic E-state index is -4.14. The van der Waals surface area contributed by atoms with Crippen molar-refractivity contribution in [1.82, 2.24) is 0 Å². The second-order valence-electron chi connectivity index (χ2n) is 3.04. The third kappa shape index (κ3) is 3.60. The van der Waals surface area contributed by atoms with E-state index in [1.165, 1.54) is 6.07 Å². The van der Waals surface area contributed by atoms with Crippen LogP contribution in [-0.4, -0.2) is 36.0 Å². The van der Waals surface area contributed by atoms with Gasteiger partial charge in [0.05, 0.1) is 4.90 Å². The van der Waals surface area contributed by atoms with E-state index >= 15 is 0 Å². The Kier molecular flexibility index (Phi) is 5.51. The summed E-state index contributed by atoms with van der Waals surface area (Å²) in [5.74, 6) is -0.104. The first-order valence-corrected chi connectivity index (χ1v) is 5.60. The quantitative estimate of drug-likeness (QED) is 0.498. The topological polar surface area (TPSA) is 54.4 Å². The van der Waals surface area contributed by atoms with E-state index in [2.05, 4.69) is 6.58 Å². The summed E-state index contributed by atoms with van der Waals surface area (Å²) >= 11 is 0. The van der Waals surface area contributed by atoms with Crippen LogP contribution in [0.5, 0.6) is 0 Å². The van der Waals surface area contributed by atoms with Crippen LogP contribution in [0.15, 0.2) is 41.8 Å².